The molecule has 0 fully saturated rings. The van der Waals surface area contributed by atoms with Crippen LogP contribution in [0.4, 0.5) is 5.69 Å². The van der Waals surface area contributed by atoms with E-state index in [1.54, 1.807) is 48.5 Å². The molecule has 0 aliphatic rings. The molecule has 2 aromatic carbocycles. The van der Waals surface area contributed by atoms with Crippen molar-refractivity contribution in [3.05, 3.63) is 59.7 Å². The summed E-state index contributed by atoms with van der Waals surface area (Å²) in [5.74, 6) is -0.0146. The van der Waals surface area contributed by atoms with Crippen molar-refractivity contribution < 1.29 is 14.3 Å². The van der Waals surface area contributed by atoms with Crippen molar-refractivity contribution in [2.75, 3.05) is 11.9 Å². The van der Waals surface area contributed by atoms with Gasteiger partial charge in [-0.2, -0.15) is 5.26 Å². The number of nitriles is 1. The number of para-hydroxylation sites is 1. The molecule has 104 valence electrons. The van der Waals surface area contributed by atoms with E-state index in [4.69, 9.17) is 10.00 Å². The topological polar surface area (TPSA) is 79.2 Å². The molecule has 0 saturated heterocycles. The number of aldehydes is 1. The van der Waals surface area contributed by atoms with Crippen molar-refractivity contribution in [3.63, 3.8) is 0 Å². The van der Waals surface area contributed by atoms with Crippen LogP contribution in [0.1, 0.15) is 15.9 Å². The number of benzene rings is 2. The highest BCUT2D eigenvalue weighted by Crippen LogP contribution is 2.15. The van der Waals surface area contributed by atoms with Gasteiger partial charge in [0.05, 0.1) is 17.2 Å². The van der Waals surface area contributed by atoms with Crippen molar-refractivity contribution in [3.8, 4) is 11.8 Å². The van der Waals surface area contributed by atoms with Gasteiger partial charge in [0.1, 0.15) is 5.75 Å². The Bertz CT molecular complexity index is 705. The first-order chi connectivity index (χ1) is 10.2. The highest BCUT2D eigenvalue weighted by atomic mass is 16.5. The second-order valence-corrected chi connectivity index (χ2v) is 4.19. The maximum Gasteiger partial charge on any atom is 0.262 e. The maximum atomic E-state index is 11.8. The number of anilines is 1. The minimum absolute atomic E-state index is 0.221. The third-order valence-electron chi connectivity index (χ3n) is 2.68. The van der Waals surface area contributed by atoms with E-state index < -0.39 is 0 Å². The highest BCUT2D eigenvalue weighted by molar-refractivity contribution is 5.92. The minimum Gasteiger partial charge on any atom is -0.483 e. The predicted octanol–water partition coefficient (Wildman–Crippen LogP) is 2.39. The van der Waals surface area contributed by atoms with E-state index in [1.807, 2.05) is 6.07 Å². The summed E-state index contributed by atoms with van der Waals surface area (Å²) in [6, 6.07) is 15.2. The van der Waals surface area contributed by atoms with E-state index in [2.05, 4.69) is 5.32 Å². The van der Waals surface area contributed by atoms with Crippen molar-refractivity contribution in [1.82, 2.24) is 0 Å². The molecule has 1 N–H and O–H groups in total. The van der Waals surface area contributed by atoms with E-state index >= 15 is 0 Å². The molecule has 0 saturated carbocycles. The van der Waals surface area contributed by atoms with E-state index in [0.717, 1.165) is 0 Å². The Hall–Kier alpha value is -3.13. The van der Waals surface area contributed by atoms with E-state index in [0.29, 0.717) is 28.8 Å². The van der Waals surface area contributed by atoms with Crippen LogP contribution < -0.4 is 10.1 Å². The van der Waals surface area contributed by atoms with Gasteiger partial charge in [-0.25, -0.2) is 0 Å². The molecule has 0 heterocycles. The first-order valence-corrected chi connectivity index (χ1v) is 6.20. The van der Waals surface area contributed by atoms with Crippen molar-refractivity contribution >= 4 is 17.9 Å². The van der Waals surface area contributed by atoms with Gasteiger partial charge in [0.15, 0.2) is 12.9 Å². The Morgan fingerprint density at radius 3 is 2.81 bits per heavy atom. The van der Waals surface area contributed by atoms with Crippen LogP contribution in [-0.2, 0) is 4.79 Å². The summed E-state index contributed by atoms with van der Waals surface area (Å²) in [5.41, 5.74) is 1.36. The lowest BCUT2D eigenvalue weighted by Crippen LogP contribution is -2.20. The number of hydrogen-bond acceptors (Lipinski definition) is 4. The number of rotatable bonds is 5. The van der Waals surface area contributed by atoms with E-state index in [1.165, 1.54) is 0 Å². The first kappa shape index (κ1) is 14.3. The largest absolute Gasteiger partial charge is 0.483 e. The van der Waals surface area contributed by atoms with Crippen LogP contribution in [0, 0.1) is 11.3 Å². The number of nitrogens with one attached hydrogen (secondary N) is 1. The number of carbonyl (C=O) groups excluding carboxylic acids is 2. The molecule has 21 heavy (non-hydrogen) atoms. The molecule has 5 nitrogen and oxygen atoms in total. The van der Waals surface area contributed by atoms with Gasteiger partial charge in [-0.05, 0) is 30.3 Å². The van der Waals surface area contributed by atoms with Gasteiger partial charge in [-0.15, -0.1) is 0 Å². The summed E-state index contributed by atoms with van der Waals surface area (Å²) in [4.78, 5) is 22.6. The Morgan fingerprint density at radius 1 is 1.24 bits per heavy atom. The van der Waals surface area contributed by atoms with Gasteiger partial charge < -0.3 is 10.1 Å². The van der Waals surface area contributed by atoms with Gasteiger partial charge in [-0.3, -0.25) is 9.59 Å². The smallest absolute Gasteiger partial charge is 0.262 e. The van der Waals surface area contributed by atoms with Crippen LogP contribution in [0.15, 0.2) is 48.5 Å². The molecular weight excluding hydrogens is 268 g/mol. The number of amides is 1. The average Bonchev–Trinajstić information content (AvgIpc) is 2.53. The van der Waals surface area contributed by atoms with Crippen LogP contribution in [0.5, 0.6) is 5.75 Å². The molecule has 5 heteroatoms. The van der Waals surface area contributed by atoms with Crippen molar-refractivity contribution in [1.29, 1.82) is 5.26 Å². The third-order valence-corrected chi connectivity index (χ3v) is 2.68. The Labute approximate surface area is 121 Å². The molecule has 0 radical (unpaired) electrons. The SMILES string of the molecule is N#Cc1cccc(NC(=O)COc2ccccc2C=O)c1. The van der Waals surface area contributed by atoms with Crippen LogP contribution in [0.25, 0.3) is 0 Å². The number of hydrogen-bond donors (Lipinski definition) is 1. The number of ether oxygens (including phenoxy) is 1. The molecule has 2 rings (SSSR count). The standard InChI is InChI=1S/C16H12N2O3/c17-9-12-4-3-6-14(8-12)18-16(20)11-21-15-7-2-1-5-13(15)10-19/h1-8,10H,11H2,(H,18,20). The molecular formula is C16H12N2O3. The van der Waals surface area contributed by atoms with Crippen LogP contribution >= 0.6 is 0 Å². The molecule has 0 aliphatic heterocycles. The number of carbonyl (C=O) groups is 2. The van der Waals surface area contributed by atoms with Gasteiger partial charge in [-0.1, -0.05) is 18.2 Å². The normalized spacial score (nSPS) is 9.48. The highest BCUT2D eigenvalue weighted by Gasteiger charge is 2.06. The van der Waals surface area contributed by atoms with Gasteiger partial charge in [0.25, 0.3) is 5.91 Å². The lowest BCUT2D eigenvalue weighted by Gasteiger charge is -2.09. The molecule has 0 bridgehead atoms. The minimum atomic E-state index is -0.370. The molecule has 0 aliphatic carbocycles. The molecule has 0 unspecified atom stereocenters. The summed E-state index contributed by atoms with van der Waals surface area (Å²) in [7, 11) is 0. The summed E-state index contributed by atoms with van der Waals surface area (Å²) in [5, 5.41) is 11.4. The summed E-state index contributed by atoms with van der Waals surface area (Å²) in [6.07, 6.45) is 0.670. The fourth-order valence-corrected chi connectivity index (χ4v) is 1.72. The monoisotopic (exact) mass is 280 g/mol. The van der Waals surface area contributed by atoms with Crippen LogP contribution in [-0.4, -0.2) is 18.8 Å². The zero-order valence-electron chi connectivity index (χ0n) is 11.1. The predicted molar refractivity (Wildman–Crippen MR) is 77.1 cm³/mol. The quantitative estimate of drug-likeness (QED) is 0.853. The van der Waals surface area contributed by atoms with Crippen LogP contribution in [0.3, 0.4) is 0 Å². The summed E-state index contributed by atoms with van der Waals surface area (Å²) >= 11 is 0. The van der Waals surface area contributed by atoms with Crippen molar-refractivity contribution in [2.24, 2.45) is 0 Å². The fraction of sp³-hybridized carbons (Fsp3) is 0.0625. The van der Waals surface area contributed by atoms with Gasteiger partial charge in [0, 0.05) is 5.69 Å². The molecule has 2 aromatic rings. The zero-order chi connectivity index (χ0) is 15.1. The zero-order valence-corrected chi connectivity index (χ0v) is 11.1. The maximum absolute atomic E-state index is 11.8. The fourth-order valence-electron chi connectivity index (χ4n) is 1.72. The lowest BCUT2D eigenvalue weighted by molar-refractivity contribution is -0.118. The Kier molecular flexibility index (Phi) is 4.67. The van der Waals surface area contributed by atoms with Gasteiger partial charge in [0.2, 0.25) is 0 Å². The van der Waals surface area contributed by atoms with E-state index in [-0.39, 0.29) is 12.5 Å². The van der Waals surface area contributed by atoms with Gasteiger partial charge >= 0.3 is 0 Å². The summed E-state index contributed by atoms with van der Waals surface area (Å²) in [6.45, 7) is -0.221. The summed E-state index contributed by atoms with van der Waals surface area (Å²) < 4.78 is 5.31. The van der Waals surface area contributed by atoms with Crippen LogP contribution in [0.2, 0.25) is 0 Å². The Morgan fingerprint density at radius 2 is 2.05 bits per heavy atom. The van der Waals surface area contributed by atoms with E-state index in [9.17, 15) is 9.59 Å². The molecule has 1 amide bonds. The van der Waals surface area contributed by atoms with Crippen molar-refractivity contribution in [2.45, 2.75) is 0 Å². The molecule has 0 aromatic heterocycles. The Balaban J connectivity index is 1.96. The second-order valence-electron chi connectivity index (χ2n) is 4.19. The first-order valence-electron chi connectivity index (χ1n) is 6.20. The second kappa shape index (κ2) is 6.87. The molecule has 0 spiro atoms. The lowest BCUT2D eigenvalue weighted by atomic mass is 10.2. The number of nitrogens with zero attached hydrogens (tertiary/aromatic N) is 1. The third kappa shape index (κ3) is 3.91. The molecule has 0 atom stereocenters. The average molecular weight is 280 g/mol.